The molecule has 1 heterocycles. The molecular formula is C29H40N2O6. The van der Waals surface area contributed by atoms with Crippen LogP contribution in [0.15, 0.2) is 41.5 Å². The molecule has 2 saturated carbocycles. The molecule has 0 aromatic heterocycles. The Labute approximate surface area is 219 Å². The fourth-order valence-corrected chi connectivity index (χ4v) is 6.46. The quantitative estimate of drug-likeness (QED) is 0.431. The van der Waals surface area contributed by atoms with Crippen LogP contribution in [0.3, 0.4) is 0 Å². The van der Waals surface area contributed by atoms with Crippen LogP contribution < -0.4 is 5.32 Å². The lowest BCUT2D eigenvalue weighted by Gasteiger charge is -2.50. The van der Waals surface area contributed by atoms with E-state index in [1.807, 2.05) is 51.1 Å². The lowest BCUT2D eigenvalue weighted by molar-refractivity contribution is -0.141. The van der Waals surface area contributed by atoms with Gasteiger partial charge in [-0.1, -0.05) is 44.2 Å². The van der Waals surface area contributed by atoms with Crippen LogP contribution >= 0.6 is 0 Å². The van der Waals surface area contributed by atoms with Crippen molar-refractivity contribution in [3.8, 4) is 0 Å². The number of amides is 2. The summed E-state index contributed by atoms with van der Waals surface area (Å²) in [6.07, 6.45) is 1.34. The van der Waals surface area contributed by atoms with Crippen molar-refractivity contribution in [1.82, 2.24) is 10.2 Å². The number of benzene rings is 1. The smallest absolute Gasteiger partial charge is 0.410 e. The lowest BCUT2D eigenvalue weighted by atomic mass is 9.61. The number of hydrogen-bond donors (Lipinski definition) is 1. The Morgan fingerprint density at radius 1 is 1.16 bits per heavy atom. The predicted octanol–water partition coefficient (Wildman–Crippen LogP) is 5.36. The van der Waals surface area contributed by atoms with Crippen LogP contribution in [0.5, 0.6) is 0 Å². The maximum atomic E-state index is 13.2. The molecule has 8 heteroatoms. The van der Waals surface area contributed by atoms with Gasteiger partial charge < -0.3 is 24.4 Å². The minimum atomic E-state index is -0.632. The third kappa shape index (κ3) is 5.07. The molecule has 8 nitrogen and oxygen atoms in total. The summed E-state index contributed by atoms with van der Waals surface area (Å²) in [6, 6.07) is 9.09. The Bertz CT molecular complexity index is 1090. The summed E-state index contributed by atoms with van der Waals surface area (Å²) in [4.78, 5) is 40.3. The summed E-state index contributed by atoms with van der Waals surface area (Å²) < 4.78 is 17.1. The van der Waals surface area contributed by atoms with Crippen LogP contribution in [0.4, 0.5) is 9.59 Å². The van der Waals surface area contributed by atoms with Crippen molar-refractivity contribution in [2.24, 2.45) is 10.8 Å². The van der Waals surface area contributed by atoms with E-state index in [-0.39, 0.29) is 36.2 Å². The highest BCUT2D eigenvalue weighted by Crippen LogP contribution is 2.62. The first kappa shape index (κ1) is 27.0. The monoisotopic (exact) mass is 512 g/mol. The number of carbonyl (C=O) groups is 3. The summed E-state index contributed by atoms with van der Waals surface area (Å²) >= 11 is 0. The summed E-state index contributed by atoms with van der Waals surface area (Å²) in [5.41, 5.74) is 0.986. The number of rotatable bonds is 4. The molecule has 37 heavy (non-hydrogen) atoms. The van der Waals surface area contributed by atoms with Gasteiger partial charge >= 0.3 is 18.2 Å². The predicted molar refractivity (Wildman–Crippen MR) is 139 cm³/mol. The molecule has 202 valence electrons. The van der Waals surface area contributed by atoms with E-state index in [9.17, 15) is 14.4 Å². The summed E-state index contributed by atoms with van der Waals surface area (Å²) in [6.45, 7) is 11.9. The lowest BCUT2D eigenvalue weighted by Crippen LogP contribution is -2.57. The second-order valence-electron chi connectivity index (χ2n) is 12.2. The fourth-order valence-electron chi connectivity index (χ4n) is 6.46. The summed E-state index contributed by atoms with van der Waals surface area (Å²) in [7, 11) is 1.77. The molecule has 2 fully saturated rings. The first-order valence-electron chi connectivity index (χ1n) is 13.1. The molecule has 2 aliphatic carbocycles. The highest BCUT2D eigenvalue weighted by Gasteiger charge is 2.63. The van der Waals surface area contributed by atoms with E-state index >= 15 is 0 Å². The van der Waals surface area contributed by atoms with Gasteiger partial charge in [0.15, 0.2) is 0 Å². The maximum absolute atomic E-state index is 13.2. The Hall–Kier alpha value is -3.03. The number of fused-ring (bicyclic) bond motifs is 2. The molecule has 0 bridgehead atoms. The SMILES string of the molecule is CC1=C2C[C@H](N(C)C(=O)OC(C)(C)C)[C@@]3(C)CC[C@H](NC(=O)OCc4ccccc4)[C@@]3(C)CC2OC1=O. The van der Waals surface area contributed by atoms with Gasteiger partial charge in [0, 0.05) is 24.7 Å². The minimum Gasteiger partial charge on any atom is -0.454 e. The van der Waals surface area contributed by atoms with E-state index in [4.69, 9.17) is 14.2 Å². The first-order chi connectivity index (χ1) is 17.2. The Kier molecular flexibility index (Phi) is 7.08. The van der Waals surface area contributed by atoms with Crippen molar-refractivity contribution < 1.29 is 28.6 Å². The molecule has 0 radical (unpaired) electrons. The van der Waals surface area contributed by atoms with E-state index in [0.717, 1.165) is 24.0 Å². The zero-order chi connectivity index (χ0) is 27.2. The van der Waals surface area contributed by atoms with Crippen molar-refractivity contribution in [2.45, 2.75) is 97.6 Å². The number of nitrogens with zero attached hydrogens (tertiary/aromatic N) is 1. The van der Waals surface area contributed by atoms with Crippen LogP contribution in [0.2, 0.25) is 0 Å². The van der Waals surface area contributed by atoms with Gasteiger partial charge in [0.2, 0.25) is 0 Å². The molecule has 1 aromatic carbocycles. The molecular weight excluding hydrogens is 472 g/mol. The maximum Gasteiger partial charge on any atom is 0.410 e. The van der Waals surface area contributed by atoms with Gasteiger partial charge in [0.1, 0.15) is 18.3 Å². The Balaban J connectivity index is 1.62. The molecule has 5 atom stereocenters. The van der Waals surface area contributed by atoms with Gasteiger partial charge in [-0.25, -0.2) is 14.4 Å². The largest absolute Gasteiger partial charge is 0.454 e. The van der Waals surface area contributed by atoms with Crippen molar-refractivity contribution >= 4 is 18.2 Å². The molecule has 1 aromatic rings. The van der Waals surface area contributed by atoms with Crippen LogP contribution in [0, 0.1) is 10.8 Å². The van der Waals surface area contributed by atoms with Crippen LogP contribution in [-0.4, -0.2) is 53.9 Å². The number of hydrogen-bond acceptors (Lipinski definition) is 6. The van der Waals surface area contributed by atoms with Gasteiger partial charge in [-0.15, -0.1) is 0 Å². The van der Waals surface area contributed by atoms with Gasteiger partial charge in [-0.05, 0) is 75.3 Å². The van der Waals surface area contributed by atoms with E-state index in [1.165, 1.54) is 0 Å². The highest BCUT2D eigenvalue weighted by atomic mass is 16.6. The van der Waals surface area contributed by atoms with Gasteiger partial charge in [0.25, 0.3) is 0 Å². The zero-order valence-electron chi connectivity index (χ0n) is 23.1. The standard InChI is InChI=1S/C29H40N2O6/c1-18-20-15-23(31(7)26(34)37-27(2,3)4)28(5)14-13-22(29(28,6)16-21(20)36-24(18)32)30-25(33)35-17-19-11-9-8-10-12-19/h8-12,21-23H,13-17H2,1-7H3,(H,30,33)/t21?,22-,23-,28+,29+/m0/s1. The van der Waals surface area contributed by atoms with Crippen molar-refractivity contribution in [3.05, 3.63) is 47.0 Å². The third-order valence-electron chi connectivity index (χ3n) is 8.86. The highest BCUT2D eigenvalue weighted by molar-refractivity contribution is 5.91. The number of alkyl carbamates (subject to hydrolysis) is 1. The van der Waals surface area contributed by atoms with Crippen LogP contribution in [0.25, 0.3) is 0 Å². The molecule has 4 rings (SSSR count). The van der Waals surface area contributed by atoms with Gasteiger partial charge in [-0.2, -0.15) is 0 Å². The number of esters is 1. The topological polar surface area (TPSA) is 94.2 Å². The summed E-state index contributed by atoms with van der Waals surface area (Å²) in [5.74, 6) is -0.310. The normalized spacial score (nSPS) is 31.1. The Morgan fingerprint density at radius 3 is 2.49 bits per heavy atom. The van der Waals surface area contributed by atoms with Crippen molar-refractivity contribution in [1.29, 1.82) is 0 Å². The average Bonchev–Trinajstić information content (AvgIpc) is 3.18. The molecule has 1 aliphatic heterocycles. The minimum absolute atomic E-state index is 0.184. The second-order valence-corrected chi connectivity index (χ2v) is 12.2. The average molecular weight is 513 g/mol. The molecule has 0 spiro atoms. The van der Waals surface area contributed by atoms with Gasteiger partial charge in [0.05, 0.1) is 0 Å². The summed E-state index contributed by atoms with van der Waals surface area (Å²) in [5, 5.41) is 3.12. The number of carbonyl (C=O) groups excluding carboxylic acids is 3. The number of ether oxygens (including phenoxy) is 3. The van der Waals surface area contributed by atoms with E-state index in [2.05, 4.69) is 19.2 Å². The van der Waals surface area contributed by atoms with E-state index < -0.39 is 23.2 Å². The Morgan fingerprint density at radius 2 is 1.84 bits per heavy atom. The molecule has 3 aliphatic rings. The third-order valence-corrected chi connectivity index (χ3v) is 8.86. The zero-order valence-corrected chi connectivity index (χ0v) is 23.1. The first-order valence-corrected chi connectivity index (χ1v) is 13.1. The van der Waals surface area contributed by atoms with Crippen LogP contribution in [-0.2, 0) is 25.6 Å². The number of nitrogens with one attached hydrogen (secondary N) is 1. The van der Waals surface area contributed by atoms with Crippen molar-refractivity contribution in [2.75, 3.05) is 7.05 Å². The molecule has 1 N–H and O–H groups in total. The molecule has 1 unspecified atom stereocenters. The van der Waals surface area contributed by atoms with Crippen LogP contribution in [0.1, 0.15) is 72.8 Å². The molecule has 0 saturated heterocycles. The van der Waals surface area contributed by atoms with E-state index in [0.29, 0.717) is 18.4 Å². The second kappa shape index (κ2) is 9.69. The van der Waals surface area contributed by atoms with Gasteiger partial charge in [-0.3, -0.25) is 0 Å². The fraction of sp³-hybridized carbons (Fsp3) is 0.621. The molecule has 2 amide bonds. The van der Waals surface area contributed by atoms with E-state index in [1.54, 1.807) is 18.9 Å². The van der Waals surface area contributed by atoms with Crippen molar-refractivity contribution in [3.63, 3.8) is 0 Å².